The summed E-state index contributed by atoms with van der Waals surface area (Å²) in [5, 5.41) is 1.15. The molecular formula is C19H24N2O. The molecule has 1 aliphatic carbocycles. The molecule has 22 heavy (non-hydrogen) atoms. The lowest BCUT2D eigenvalue weighted by atomic mass is 9.99. The molecule has 0 aliphatic heterocycles. The van der Waals surface area contributed by atoms with E-state index in [-0.39, 0.29) is 5.91 Å². The Kier molecular flexibility index (Phi) is 3.90. The highest BCUT2D eigenvalue weighted by Crippen LogP contribution is 2.35. The zero-order valence-corrected chi connectivity index (χ0v) is 13.9. The largest absolute Gasteiger partial charge is 0.342 e. The smallest absolute Gasteiger partial charge is 0.227 e. The van der Waals surface area contributed by atoms with Crippen LogP contribution in [0.15, 0.2) is 24.3 Å². The van der Waals surface area contributed by atoms with Gasteiger partial charge in [0, 0.05) is 24.2 Å². The fourth-order valence-corrected chi connectivity index (χ4v) is 3.23. The molecular weight excluding hydrogens is 272 g/mol. The highest BCUT2D eigenvalue weighted by atomic mass is 16.2. The first-order valence-corrected chi connectivity index (χ1v) is 8.09. The summed E-state index contributed by atoms with van der Waals surface area (Å²) < 4.78 is 0. The number of amides is 1. The number of benzene rings is 1. The first kappa shape index (κ1) is 15.0. The van der Waals surface area contributed by atoms with Crippen LogP contribution in [0.3, 0.4) is 0 Å². The number of hydrogen-bond acceptors (Lipinski definition) is 2. The molecule has 1 aromatic heterocycles. The number of para-hydroxylation sites is 1. The zero-order valence-electron chi connectivity index (χ0n) is 13.9. The van der Waals surface area contributed by atoms with Gasteiger partial charge in [-0.05, 0) is 56.7 Å². The molecule has 1 aromatic carbocycles. The summed E-state index contributed by atoms with van der Waals surface area (Å²) in [6.07, 6.45) is 2.96. The average molecular weight is 296 g/mol. The molecule has 1 atom stereocenters. The molecule has 116 valence electrons. The quantitative estimate of drug-likeness (QED) is 0.863. The third kappa shape index (κ3) is 2.72. The number of hydrogen-bond donors (Lipinski definition) is 0. The third-order valence-electron chi connectivity index (χ3n) is 5.12. The molecule has 0 bridgehead atoms. The van der Waals surface area contributed by atoms with Gasteiger partial charge in [0.1, 0.15) is 0 Å². The van der Waals surface area contributed by atoms with Crippen LogP contribution in [0.25, 0.3) is 10.9 Å². The topological polar surface area (TPSA) is 33.2 Å². The van der Waals surface area contributed by atoms with Crippen molar-refractivity contribution < 1.29 is 4.79 Å². The highest BCUT2D eigenvalue weighted by molar-refractivity contribution is 5.86. The van der Waals surface area contributed by atoms with Gasteiger partial charge < -0.3 is 4.90 Å². The van der Waals surface area contributed by atoms with E-state index in [1.54, 1.807) is 0 Å². The van der Waals surface area contributed by atoms with Gasteiger partial charge in [0.2, 0.25) is 5.91 Å². The molecule has 1 amide bonds. The molecule has 1 heterocycles. The molecule has 1 saturated carbocycles. The lowest BCUT2D eigenvalue weighted by molar-refractivity contribution is -0.131. The summed E-state index contributed by atoms with van der Waals surface area (Å²) in [5.74, 6) is 0.897. The summed E-state index contributed by atoms with van der Waals surface area (Å²) in [6, 6.07) is 8.49. The number of likely N-dealkylation sites (N-methyl/N-ethyl adjacent to an activating group) is 1. The minimum Gasteiger partial charge on any atom is -0.342 e. The molecule has 0 unspecified atom stereocenters. The number of carbonyl (C=O) groups excluding carboxylic acids is 1. The maximum atomic E-state index is 12.6. The number of nitrogens with zero attached hydrogens (tertiary/aromatic N) is 2. The number of carbonyl (C=O) groups is 1. The lowest BCUT2D eigenvalue weighted by Crippen LogP contribution is -2.37. The Balaban J connectivity index is 1.88. The summed E-state index contributed by atoms with van der Waals surface area (Å²) >= 11 is 0. The molecule has 1 aliphatic rings. The van der Waals surface area contributed by atoms with Crippen molar-refractivity contribution in [2.24, 2.45) is 5.92 Å². The normalized spacial score (nSPS) is 15.8. The van der Waals surface area contributed by atoms with Crippen LogP contribution in [-0.2, 0) is 11.2 Å². The van der Waals surface area contributed by atoms with E-state index in [2.05, 4.69) is 24.9 Å². The van der Waals surface area contributed by atoms with Crippen LogP contribution < -0.4 is 0 Å². The number of pyridine rings is 1. The monoisotopic (exact) mass is 296 g/mol. The van der Waals surface area contributed by atoms with Gasteiger partial charge >= 0.3 is 0 Å². The van der Waals surface area contributed by atoms with E-state index in [0.717, 1.165) is 22.2 Å². The Labute approximate surface area is 132 Å². The highest BCUT2D eigenvalue weighted by Gasteiger charge is 2.32. The second kappa shape index (κ2) is 5.71. The summed E-state index contributed by atoms with van der Waals surface area (Å²) in [7, 11) is 1.93. The SMILES string of the molecule is Cc1nc2ccccc2c(C)c1CC(=O)N(C)[C@H](C)C1CC1. The average Bonchev–Trinajstić information content (AvgIpc) is 3.34. The molecule has 2 aromatic rings. The van der Waals surface area contributed by atoms with E-state index in [4.69, 9.17) is 0 Å². The van der Waals surface area contributed by atoms with Gasteiger partial charge in [0.05, 0.1) is 11.9 Å². The van der Waals surface area contributed by atoms with Crippen LogP contribution in [-0.4, -0.2) is 28.9 Å². The van der Waals surface area contributed by atoms with E-state index < -0.39 is 0 Å². The van der Waals surface area contributed by atoms with Crippen molar-refractivity contribution in [2.75, 3.05) is 7.05 Å². The Morgan fingerprint density at radius 3 is 2.68 bits per heavy atom. The van der Waals surface area contributed by atoms with Gasteiger partial charge in [-0.3, -0.25) is 9.78 Å². The van der Waals surface area contributed by atoms with Gasteiger partial charge in [-0.15, -0.1) is 0 Å². The van der Waals surface area contributed by atoms with Crippen molar-refractivity contribution in [3.63, 3.8) is 0 Å². The Morgan fingerprint density at radius 2 is 2.00 bits per heavy atom. The van der Waals surface area contributed by atoms with E-state index >= 15 is 0 Å². The second-order valence-electron chi connectivity index (χ2n) is 6.58. The first-order valence-electron chi connectivity index (χ1n) is 8.09. The number of rotatable bonds is 4. The van der Waals surface area contributed by atoms with Gasteiger partial charge in [-0.25, -0.2) is 0 Å². The molecule has 0 N–H and O–H groups in total. The van der Waals surface area contributed by atoms with Gasteiger partial charge in [0.25, 0.3) is 0 Å². The zero-order chi connectivity index (χ0) is 15.9. The van der Waals surface area contributed by atoms with Crippen molar-refractivity contribution in [2.45, 2.75) is 46.1 Å². The van der Waals surface area contributed by atoms with Crippen molar-refractivity contribution in [3.05, 3.63) is 41.1 Å². The summed E-state index contributed by atoms with van der Waals surface area (Å²) in [6.45, 7) is 6.27. The van der Waals surface area contributed by atoms with Crippen LogP contribution in [0, 0.1) is 19.8 Å². The molecule has 3 nitrogen and oxygen atoms in total. The molecule has 3 rings (SSSR count). The van der Waals surface area contributed by atoms with Gasteiger partial charge in [-0.2, -0.15) is 0 Å². The Hall–Kier alpha value is -1.90. The van der Waals surface area contributed by atoms with Crippen LogP contribution in [0.5, 0.6) is 0 Å². The first-order chi connectivity index (χ1) is 10.5. The van der Waals surface area contributed by atoms with Crippen molar-refractivity contribution in [1.82, 2.24) is 9.88 Å². The van der Waals surface area contributed by atoms with Crippen LogP contribution >= 0.6 is 0 Å². The lowest BCUT2D eigenvalue weighted by Gasteiger charge is -2.25. The number of aryl methyl sites for hydroxylation is 2. The Bertz CT molecular complexity index is 719. The molecule has 3 heteroatoms. The predicted octanol–water partition coefficient (Wildman–Crippen LogP) is 3.65. The van der Waals surface area contributed by atoms with Gasteiger partial charge in [-0.1, -0.05) is 18.2 Å². The number of aromatic nitrogens is 1. The minimum atomic E-state index is 0.197. The van der Waals surface area contributed by atoms with E-state index in [9.17, 15) is 4.79 Å². The molecule has 0 radical (unpaired) electrons. The summed E-state index contributed by atoms with van der Waals surface area (Å²) in [5.41, 5.74) is 4.24. The molecule has 0 saturated heterocycles. The standard InChI is InChI=1S/C19H24N2O/c1-12-16-7-5-6-8-18(16)20-13(2)17(12)11-19(22)21(4)14(3)15-9-10-15/h5-8,14-15H,9-11H2,1-4H3/t14-/m1/s1. The third-order valence-corrected chi connectivity index (χ3v) is 5.12. The second-order valence-corrected chi connectivity index (χ2v) is 6.58. The fraction of sp³-hybridized carbons (Fsp3) is 0.474. The van der Waals surface area contributed by atoms with Crippen LogP contribution in [0.4, 0.5) is 0 Å². The van der Waals surface area contributed by atoms with Crippen molar-refractivity contribution in [3.8, 4) is 0 Å². The van der Waals surface area contributed by atoms with E-state index in [1.807, 2.05) is 37.1 Å². The maximum Gasteiger partial charge on any atom is 0.227 e. The number of fused-ring (bicyclic) bond motifs is 1. The predicted molar refractivity (Wildman–Crippen MR) is 89.9 cm³/mol. The summed E-state index contributed by atoms with van der Waals surface area (Å²) in [4.78, 5) is 19.2. The van der Waals surface area contributed by atoms with Crippen molar-refractivity contribution in [1.29, 1.82) is 0 Å². The maximum absolute atomic E-state index is 12.6. The van der Waals surface area contributed by atoms with Crippen molar-refractivity contribution >= 4 is 16.8 Å². The Morgan fingerprint density at radius 1 is 1.32 bits per heavy atom. The molecule has 1 fully saturated rings. The van der Waals surface area contributed by atoms with E-state index in [1.165, 1.54) is 18.4 Å². The van der Waals surface area contributed by atoms with Crippen LogP contribution in [0.2, 0.25) is 0 Å². The van der Waals surface area contributed by atoms with Crippen LogP contribution in [0.1, 0.15) is 36.6 Å². The molecule has 0 spiro atoms. The fourth-order valence-electron chi connectivity index (χ4n) is 3.23. The van der Waals surface area contributed by atoms with E-state index in [0.29, 0.717) is 18.4 Å². The van der Waals surface area contributed by atoms with Gasteiger partial charge in [0.15, 0.2) is 0 Å². The minimum absolute atomic E-state index is 0.197.